The molecule has 0 aromatic heterocycles. The second-order valence-corrected chi connectivity index (χ2v) is 8.63. The summed E-state index contributed by atoms with van der Waals surface area (Å²) in [7, 11) is 0. The third-order valence-electron chi connectivity index (χ3n) is 5.06. The SMILES string of the molecule is O=C(CC1C(=O)NCCN1C(=S)NC(=O)c1ccc(Cl)cc1Cl)OCCCc1ccccc1. The lowest BCUT2D eigenvalue weighted by Crippen LogP contribution is -2.60. The molecular weight excluding hydrogens is 485 g/mol. The lowest BCUT2D eigenvalue weighted by atomic mass is 10.1. The first kappa shape index (κ1) is 25.0. The summed E-state index contributed by atoms with van der Waals surface area (Å²) in [5.74, 6) is -1.40. The minimum Gasteiger partial charge on any atom is -0.466 e. The number of amides is 2. The molecule has 0 bridgehead atoms. The molecule has 1 unspecified atom stereocenters. The molecule has 174 valence electrons. The Hall–Kier alpha value is -2.68. The Morgan fingerprint density at radius 1 is 1.18 bits per heavy atom. The van der Waals surface area contributed by atoms with E-state index in [1.54, 1.807) is 0 Å². The molecule has 2 aromatic carbocycles. The van der Waals surface area contributed by atoms with Gasteiger partial charge in [-0.15, -0.1) is 0 Å². The smallest absolute Gasteiger partial charge is 0.308 e. The molecule has 1 fully saturated rings. The van der Waals surface area contributed by atoms with Crippen LogP contribution in [0.2, 0.25) is 10.0 Å². The second kappa shape index (κ2) is 12.0. The summed E-state index contributed by atoms with van der Waals surface area (Å²) >= 11 is 17.3. The number of ether oxygens (including phenoxy) is 1. The molecule has 0 saturated carbocycles. The Morgan fingerprint density at radius 2 is 1.94 bits per heavy atom. The van der Waals surface area contributed by atoms with Crippen molar-refractivity contribution in [2.24, 2.45) is 0 Å². The van der Waals surface area contributed by atoms with Gasteiger partial charge in [-0.2, -0.15) is 0 Å². The van der Waals surface area contributed by atoms with Gasteiger partial charge in [0.25, 0.3) is 5.91 Å². The van der Waals surface area contributed by atoms with E-state index in [-0.39, 0.29) is 34.6 Å². The van der Waals surface area contributed by atoms with Crippen molar-refractivity contribution in [1.82, 2.24) is 15.5 Å². The fraction of sp³-hybridized carbons (Fsp3) is 0.304. The lowest BCUT2D eigenvalue weighted by molar-refractivity contribution is -0.147. The summed E-state index contributed by atoms with van der Waals surface area (Å²) in [4.78, 5) is 38.9. The molecule has 0 radical (unpaired) electrons. The zero-order valence-corrected chi connectivity index (χ0v) is 20.0. The van der Waals surface area contributed by atoms with Crippen molar-refractivity contribution in [3.63, 3.8) is 0 Å². The van der Waals surface area contributed by atoms with Crippen LogP contribution in [0.3, 0.4) is 0 Å². The number of aryl methyl sites for hydroxylation is 1. The summed E-state index contributed by atoms with van der Waals surface area (Å²) in [6.45, 7) is 0.919. The topological polar surface area (TPSA) is 87.7 Å². The van der Waals surface area contributed by atoms with Gasteiger partial charge >= 0.3 is 5.97 Å². The van der Waals surface area contributed by atoms with Crippen molar-refractivity contribution in [3.05, 3.63) is 69.7 Å². The number of hydrogen-bond donors (Lipinski definition) is 2. The van der Waals surface area contributed by atoms with Gasteiger partial charge in [-0.1, -0.05) is 53.5 Å². The molecule has 1 atom stereocenters. The minimum atomic E-state index is -0.881. The molecule has 1 heterocycles. The van der Waals surface area contributed by atoms with Gasteiger partial charge in [0.05, 0.1) is 23.6 Å². The van der Waals surface area contributed by atoms with Crippen LogP contribution in [0.1, 0.15) is 28.8 Å². The van der Waals surface area contributed by atoms with E-state index < -0.39 is 17.9 Å². The van der Waals surface area contributed by atoms with E-state index >= 15 is 0 Å². The van der Waals surface area contributed by atoms with Gasteiger partial charge in [-0.05, 0) is 48.8 Å². The van der Waals surface area contributed by atoms with Crippen LogP contribution in [-0.4, -0.2) is 53.5 Å². The highest BCUT2D eigenvalue weighted by atomic mass is 35.5. The van der Waals surface area contributed by atoms with Crippen LogP contribution in [0.15, 0.2) is 48.5 Å². The largest absolute Gasteiger partial charge is 0.466 e. The Labute approximate surface area is 207 Å². The first-order chi connectivity index (χ1) is 15.8. The monoisotopic (exact) mass is 507 g/mol. The molecule has 1 saturated heterocycles. The molecule has 2 N–H and O–H groups in total. The first-order valence-electron chi connectivity index (χ1n) is 10.4. The van der Waals surface area contributed by atoms with E-state index in [0.717, 1.165) is 12.0 Å². The Balaban J connectivity index is 1.54. The fourth-order valence-corrected chi connectivity index (χ4v) is 4.20. The third kappa shape index (κ3) is 7.15. The maximum atomic E-state index is 12.6. The number of rotatable bonds is 7. The average molecular weight is 508 g/mol. The maximum Gasteiger partial charge on any atom is 0.308 e. The van der Waals surface area contributed by atoms with Crippen LogP contribution in [0.25, 0.3) is 0 Å². The van der Waals surface area contributed by atoms with Crippen molar-refractivity contribution < 1.29 is 19.1 Å². The molecule has 1 aliphatic heterocycles. The van der Waals surface area contributed by atoms with E-state index in [1.165, 1.54) is 23.1 Å². The van der Waals surface area contributed by atoms with Crippen molar-refractivity contribution in [1.29, 1.82) is 0 Å². The number of carbonyl (C=O) groups is 3. The number of carbonyl (C=O) groups excluding carboxylic acids is 3. The highest BCUT2D eigenvalue weighted by molar-refractivity contribution is 7.80. The molecule has 33 heavy (non-hydrogen) atoms. The number of nitrogens with zero attached hydrogens (tertiary/aromatic N) is 1. The Bertz CT molecular complexity index is 1040. The number of thiocarbonyl (C=S) groups is 1. The molecule has 2 amide bonds. The van der Waals surface area contributed by atoms with E-state index in [0.29, 0.717) is 24.5 Å². The van der Waals surface area contributed by atoms with Crippen molar-refractivity contribution in [2.75, 3.05) is 19.7 Å². The zero-order valence-electron chi connectivity index (χ0n) is 17.7. The van der Waals surface area contributed by atoms with Gasteiger partial charge in [-0.3, -0.25) is 19.7 Å². The van der Waals surface area contributed by atoms with Crippen LogP contribution >= 0.6 is 35.4 Å². The van der Waals surface area contributed by atoms with Crippen molar-refractivity contribution in [3.8, 4) is 0 Å². The Kier molecular flexibility index (Phi) is 9.05. The summed E-state index contributed by atoms with van der Waals surface area (Å²) in [6.07, 6.45) is 1.27. The van der Waals surface area contributed by atoms with Crippen LogP contribution in [0.4, 0.5) is 0 Å². The van der Waals surface area contributed by atoms with Gasteiger partial charge < -0.3 is 15.0 Å². The van der Waals surface area contributed by atoms with E-state index in [9.17, 15) is 14.4 Å². The number of piperazine rings is 1. The lowest BCUT2D eigenvalue weighted by Gasteiger charge is -2.36. The molecule has 7 nitrogen and oxygen atoms in total. The molecule has 0 aliphatic carbocycles. The molecule has 10 heteroatoms. The molecule has 2 aromatic rings. The number of halogens is 2. The summed E-state index contributed by atoms with van der Waals surface area (Å²) in [5, 5.41) is 5.90. The maximum absolute atomic E-state index is 12.6. The van der Waals surface area contributed by atoms with Crippen LogP contribution < -0.4 is 10.6 Å². The Morgan fingerprint density at radius 3 is 2.67 bits per heavy atom. The normalized spacial score (nSPS) is 15.5. The predicted octanol–water partition coefficient (Wildman–Crippen LogP) is 3.37. The molecule has 3 rings (SSSR count). The third-order valence-corrected chi connectivity index (χ3v) is 5.95. The van der Waals surface area contributed by atoms with Crippen LogP contribution in [-0.2, 0) is 20.7 Å². The predicted molar refractivity (Wildman–Crippen MR) is 130 cm³/mol. The van der Waals surface area contributed by atoms with Crippen LogP contribution in [0, 0.1) is 0 Å². The van der Waals surface area contributed by atoms with Crippen LogP contribution in [0.5, 0.6) is 0 Å². The van der Waals surface area contributed by atoms with Gasteiger partial charge in [0, 0.05) is 18.1 Å². The van der Waals surface area contributed by atoms with Crippen molar-refractivity contribution in [2.45, 2.75) is 25.3 Å². The zero-order chi connectivity index (χ0) is 23.8. The molecular formula is C23H23Cl2N3O4S. The minimum absolute atomic E-state index is 0.0303. The van der Waals surface area contributed by atoms with Gasteiger partial charge in [0.15, 0.2) is 5.11 Å². The van der Waals surface area contributed by atoms with Crippen molar-refractivity contribution >= 4 is 58.3 Å². The fourth-order valence-electron chi connectivity index (χ4n) is 3.39. The quantitative estimate of drug-likeness (QED) is 0.339. The van der Waals surface area contributed by atoms with E-state index in [1.807, 2.05) is 30.3 Å². The summed E-state index contributed by atoms with van der Waals surface area (Å²) in [5.41, 5.74) is 1.35. The van der Waals surface area contributed by atoms with E-state index in [2.05, 4.69) is 10.6 Å². The van der Waals surface area contributed by atoms with Gasteiger partial charge in [0.2, 0.25) is 5.91 Å². The second-order valence-electron chi connectivity index (χ2n) is 7.40. The van der Waals surface area contributed by atoms with E-state index in [4.69, 9.17) is 40.2 Å². The summed E-state index contributed by atoms with van der Waals surface area (Å²) in [6, 6.07) is 13.5. The highest BCUT2D eigenvalue weighted by Crippen LogP contribution is 2.21. The first-order valence-corrected chi connectivity index (χ1v) is 11.6. The average Bonchev–Trinajstić information content (AvgIpc) is 2.78. The molecule has 0 spiro atoms. The number of hydrogen-bond acceptors (Lipinski definition) is 5. The summed E-state index contributed by atoms with van der Waals surface area (Å²) < 4.78 is 5.31. The molecule has 1 aliphatic rings. The van der Waals surface area contributed by atoms with Gasteiger partial charge in [0.1, 0.15) is 6.04 Å². The highest BCUT2D eigenvalue weighted by Gasteiger charge is 2.34. The number of benzene rings is 2. The number of nitrogens with one attached hydrogen (secondary N) is 2. The van der Waals surface area contributed by atoms with Gasteiger partial charge in [-0.25, -0.2) is 0 Å². The standard InChI is InChI=1S/C23H23Cl2N3O4S/c24-16-8-9-17(18(25)13-16)21(30)27-23(33)28-11-10-26-22(31)19(28)14-20(29)32-12-4-7-15-5-2-1-3-6-15/h1-3,5-6,8-9,13,19H,4,7,10-12,14H2,(H,26,31)(H,27,30,33). The number of esters is 1.